The molecule has 0 radical (unpaired) electrons. The number of aromatic hydroxyl groups is 2. The Morgan fingerprint density at radius 2 is 1.38 bits per heavy atom. The molecule has 10 heteroatoms. The second-order valence-electron chi connectivity index (χ2n) is 6.12. The number of phenolic OH excluding ortho intramolecular Hbond substituents is 2. The molecule has 0 saturated heterocycles. The second kappa shape index (κ2) is 7.87. The predicted octanol–water partition coefficient (Wildman–Crippen LogP) is 5.89. The summed E-state index contributed by atoms with van der Waals surface area (Å²) in [4.78, 5) is 0. The van der Waals surface area contributed by atoms with Gasteiger partial charge in [0.15, 0.2) is 4.75 Å². The molecule has 5 nitrogen and oxygen atoms in total. The van der Waals surface area contributed by atoms with Crippen LogP contribution in [0.3, 0.4) is 0 Å². The van der Waals surface area contributed by atoms with Crippen molar-refractivity contribution in [2.75, 3.05) is 0 Å². The lowest BCUT2D eigenvalue weighted by molar-refractivity contribution is 0.455. The lowest BCUT2D eigenvalue weighted by Crippen LogP contribution is -2.38. The van der Waals surface area contributed by atoms with Crippen LogP contribution in [0.25, 0.3) is 0 Å². The first-order valence-corrected chi connectivity index (χ1v) is 10.8. The molecule has 3 rings (SSSR count). The van der Waals surface area contributed by atoms with Crippen LogP contribution in [0.4, 0.5) is 0 Å². The third-order valence-corrected chi connectivity index (χ3v) is 7.19. The zero-order chi connectivity index (χ0) is 21.6. The van der Waals surface area contributed by atoms with Crippen LogP contribution in [-0.2, 0) is 14.9 Å². The van der Waals surface area contributed by atoms with Crippen LogP contribution in [-0.4, -0.2) is 23.2 Å². The fourth-order valence-corrected chi connectivity index (χ4v) is 5.40. The summed E-state index contributed by atoms with van der Waals surface area (Å²) in [6.45, 7) is 0. The lowest BCUT2D eigenvalue weighted by atomic mass is 9.83. The van der Waals surface area contributed by atoms with E-state index in [1.165, 1.54) is 48.5 Å². The number of hydrogen-bond acceptors (Lipinski definition) is 4. The highest BCUT2D eigenvalue weighted by Gasteiger charge is 2.50. The largest absolute Gasteiger partial charge is 0.508 e. The highest BCUT2D eigenvalue weighted by molar-refractivity contribution is 7.87. The van der Waals surface area contributed by atoms with Gasteiger partial charge in [-0.05, 0) is 47.5 Å². The molecule has 29 heavy (non-hydrogen) atoms. The van der Waals surface area contributed by atoms with Crippen molar-refractivity contribution in [3.05, 3.63) is 91.4 Å². The molecule has 3 N–H and O–H groups in total. The van der Waals surface area contributed by atoms with Gasteiger partial charge in [-0.25, -0.2) is 0 Å². The monoisotopic (exact) mass is 492 g/mol. The highest BCUT2D eigenvalue weighted by atomic mass is 35.5. The van der Waals surface area contributed by atoms with Crippen LogP contribution < -0.4 is 0 Å². The Labute approximate surface area is 186 Å². The molecule has 0 saturated carbocycles. The van der Waals surface area contributed by atoms with Crippen molar-refractivity contribution in [3.63, 3.8) is 0 Å². The fraction of sp³-hybridized carbons (Fsp3) is 0.0526. The van der Waals surface area contributed by atoms with Crippen molar-refractivity contribution >= 4 is 56.5 Å². The Morgan fingerprint density at radius 3 is 1.90 bits per heavy atom. The third kappa shape index (κ3) is 3.77. The van der Waals surface area contributed by atoms with E-state index in [1.807, 2.05) is 0 Å². The van der Waals surface area contributed by atoms with Gasteiger partial charge in [-0.3, -0.25) is 4.55 Å². The molecule has 152 valence electrons. The van der Waals surface area contributed by atoms with E-state index in [-0.39, 0.29) is 42.5 Å². The summed E-state index contributed by atoms with van der Waals surface area (Å²) in [6.07, 6.45) is 0. The third-order valence-electron chi connectivity index (χ3n) is 4.39. The minimum Gasteiger partial charge on any atom is -0.508 e. The average molecular weight is 494 g/mol. The molecule has 0 aliphatic heterocycles. The molecule has 3 aromatic rings. The number of benzene rings is 3. The number of hydrogen-bond donors (Lipinski definition) is 3. The van der Waals surface area contributed by atoms with E-state index in [1.54, 1.807) is 0 Å². The first-order valence-electron chi connectivity index (χ1n) is 7.89. The van der Waals surface area contributed by atoms with Gasteiger partial charge in [0, 0.05) is 15.6 Å². The Hall–Kier alpha value is -1.67. The maximum Gasteiger partial charge on any atom is 0.283 e. The van der Waals surface area contributed by atoms with Gasteiger partial charge >= 0.3 is 0 Å². The average Bonchev–Trinajstić information content (AvgIpc) is 2.62. The van der Waals surface area contributed by atoms with Gasteiger partial charge in [-0.1, -0.05) is 64.6 Å². The zero-order valence-corrected chi connectivity index (χ0v) is 18.1. The van der Waals surface area contributed by atoms with Crippen LogP contribution in [0.5, 0.6) is 11.5 Å². The fourth-order valence-electron chi connectivity index (χ4n) is 3.16. The summed E-state index contributed by atoms with van der Waals surface area (Å²) in [7, 11) is -5.00. The molecule has 0 fully saturated rings. The van der Waals surface area contributed by atoms with Crippen LogP contribution in [0.1, 0.15) is 16.7 Å². The van der Waals surface area contributed by atoms with Gasteiger partial charge in [0.2, 0.25) is 0 Å². The molecule has 0 aromatic heterocycles. The van der Waals surface area contributed by atoms with Crippen molar-refractivity contribution in [2.24, 2.45) is 0 Å². The molecule has 1 unspecified atom stereocenters. The predicted molar refractivity (Wildman–Crippen MR) is 114 cm³/mol. The maximum absolute atomic E-state index is 12.9. The molecule has 0 aliphatic rings. The first-order chi connectivity index (χ1) is 13.5. The van der Waals surface area contributed by atoms with Crippen molar-refractivity contribution in [1.82, 2.24) is 0 Å². The minimum atomic E-state index is -5.00. The number of halogens is 4. The van der Waals surface area contributed by atoms with Crippen molar-refractivity contribution in [1.29, 1.82) is 0 Å². The van der Waals surface area contributed by atoms with E-state index < -0.39 is 20.6 Å². The van der Waals surface area contributed by atoms with Gasteiger partial charge in [0.1, 0.15) is 16.5 Å². The van der Waals surface area contributed by atoms with Crippen molar-refractivity contribution in [3.8, 4) is 11.5 Å². The van der Waals surface area contributed by atoms with Crippen molar-refractivity contribution in [2.45, 2.75) is 4.75 Å². The molecule has 0 amide bonds. The minimum absolute atomic E-state index is 0.0276. The topological polar surface area (TPSA) is 94.8 Å². The van der Waals surface area contributed by atoms with E-state index in [0.29, 0.717) is 0 Å². The van der Waals surface area contributed by atoms with Crippen LogP contribution >= 0.6 is 46.4 Å². The maximum atomic E-state index is 12.9. The summed E-state index contributed by atoms with van der Waals surface area (Å²) in [5.41, 5.74) is -0.142. The van der Waals surface area contributed by atoms with E-state index in [0.717, 1.165) is 6.07 Å². The molecular weight excluding hydrogens is 482 g/mol. The van der Waals surface area contributed by atoms with Crippen LogP contribution in [0, 0.1) is 0 Å². The van der Waals surface area contributed by atoms with Crippen molar-refractivity contribution < 1.29 is 23.2 Å². The SMILES string of the molecule is O=S(=O)(O)C(c1ccc(O)cc1)(c1cc(O)c(Cl)c(Cl)c1)c1ccc(Cl)cc1Cl. The molecule has 0 heterocycles. The molecular formula is C19H12Cl4O5S. The molecule has 0 bridgehead atoms. The van der Waals surface area contributed by atoms with E-state index in [9.17, 15) is 23.2 Å². The van der Waals surface area contributed by atoms with Gasteiger partial charge in [-0.2, -0.15) is 8.42 Å². The summed E-state index contributed by atoms with van der Waals surface area (Å²) < 4.78 is 34.0. The smallest absolute Gasteiger partial charge is 0.283 e. The van der Waals surface area contributed by atoms with E-state index in [2.05, 4.69) is 0 Å². The quantitative estimate of drug-likeness (QED) is 0.311. The summed E-state index contributed by atoms with van der Waals surface area (Å²) in [5, 5.41) is 19.7. The Bertz CT molecular complexity index is 1170. The standard InChI is InChI=1S/C19H12Cl4O5S/c20-12-3-6-14(15(21)9-12)19(29(26,27)28,10-1-4-13(24)5-2-10)11-7-16(22)18(23)17(25)8-11/h1-9,24-25H,(H,26,27,28). The Kier molecular flexibility index (Phi) is 5.98. The van der Waals surface area contributed by atoms with Crippen LogP contribution in [0.15, 0.2) is 54.6 Å². The van der Waals surface area contributed by atoms with E-state index in [4.69, 9.17) is 46.4 Å². The molecule has 1 atom stereocenters. The van der Waals surface area contributed by atoms with Gasteiger partial charge in [0.25, 0.3) is 10.1 Å². The Balaban J connectivity index is 2.56. The highest BCUT2D eigenvalue weighted by Crippen LogP contribution is 2.49. The summed E-state index contributed by atoms with van der Waals surface area (Å²) in [5.74, 6) is -0.622. The van der Waals surface area contributed by atoms with Gasteiger partial charge in [-0.15, -0.1) is 0 Å². The lowest BCUT2D eigenvalue weighted by Gasteiger charge is -2.33. The van der Waals surface area contributed by atoms with Crippen LogP contribution in [0.2, 0.25) is 20.1 Å². The molecule has 0 aliphatic carbocycles. The number of rotatable bonds is 4. The molecule has 3 aromatic carbocycles. The first kappa shape index (κ1) is 22.0. The zero-order valence-electron chi connectivity index (χ0n) is 14.3. The molecule has 0 spiro atoms. The van der Waals surface area contributed by atoms with Gasteiger partial charge in [0.05, 0.1) is 5.02 Å². The van der Waals surface area contributed by atoms with Gasteiger partial charge < -0.3 is 10.2 Å². The normalized spacial score (nSPS) is 13.8. The second-order valence-corrected chi connectivity index (χ2v) is 9.31. The Morgan fingerprint density at radius 1 is 0.759 bits per heavy atom. The number of phenols is 2. The van der Waals surface area contributed by atoms with E-state index >= 15 is 0 Å². The summed E-state index contributed by atoms with van der Waals surface area (Å²) in [6, 6.07) is 11.4. The summed E-state index contributed by atoms with van der Waals surface area (Å²) >= 11 is 24.3.